The summed E-state index contributed by atoms with van der Waals surface area (Å²) in [4.78, 5) is 0. The zero-order valence-corrected chi connectivity index (χ0v) is 10.3. The molecule has 3 aliphatic rings. The first kappa shape index (κ1) is 11.0. The third kappa shape index (κ3) is 1.91. The molecule has 1 N–H and O–H groups in total. The number of hydrogen-bond acceptors (Lipinski definition) is 2. The van der Waals surface area contributed by atoms with Crippen LogP contribution >= 0.6 is 0 Å². The second kappa shape index (κ2) is 4.66. The van der Waals surface area contributed by atoms with Crippen LogP contribution in [0.3, 0.4) is 0 Å². The lowest BCUT2D eigenvalue weighted by atomic mass is 9.75. The smallest absolute Gasteiger partial charge is 0.0838 e. The Hall–Kier alpha value is -0.0800. The van der Waals surface area contributed by atoms with Gasteiger partial charge in [-0.1, -0.05) is 32.1 Å². The summed E-state index contributed by atoms with van der Waals surface area (Å²) >= 11 is 0. The largest absolute Gasteiger partial charge is 0.372 e. The molecule has 3 rings (SSSR count). The first-order chi connectivity index (χ1) is 7.91. The number of ether oxygens (including phenoxy) is 1. The zero-order valence-electron chi connectivity index (χ0n) is 10.3. The van der Waals surface area contributed by atoms with Crippen LogP contribution in [0.25, 0.3) is 0 Å². The normalized spacial score (nSPS) is 35.6. The van der Waals surface area contributed by atoms with E-state index >= 15 is 0 Å². The number of nitrogens with one attached hydrogen (secondary N) is 1. The number of hydrogen-bond donors (Lipinski definition) is 1. The Bertz CT molecular complexity index is 229. The van der Waals surface area contributed by atoms with E-state index in [1.54, 1.807) is 0 Å². The lowest BCUT2D eigenvalue weighted by Gasteiger charge is -2.47. The molecule has 0 amide bonds. The third-order valence-electron chi connectivity index (χ3n) is 4.99. The summed E-state index contributed by atoms with van der Waals surface area (Å²) in [7, 11) is 0. The minimum Gasteiger partial charge on any atom is -0.372 e. The molecule has 92 valence electrons. The topological polar surface area (TPSA) is 21.3 Å². The van der Waals surface area contributed by atoms with Crippen LogP contribution < -0.4 is 5.32 Å². The van der Waals surface area contributed by atoms with Crippen LogP contribution in [-0.2, 0) is 4.74 Å². The molecule has 0 aromatic carbocycles. The van der Waals surface area contributed by atoms with Gasteiger partial charge in [-0.25, -0.2) is 0 Å². The molecule has 1 unspecified atom stereocenters. The summed E-state index contributed by atoms with van der Waals surface area (Å²) in [5.74, 6) is 0.896. The summed E-state index contributed by atoms with van der Waals surface area (Å²) in [6.07, 6.45) is 12.6. The van der Waals surface area contributed by atoms with Crippen molar-refractivity contribution in [2.75, 3.05) is 13.2 Å². The van der Waals surface area contributed by atoms with Crippen LogP contribution in [0.1, 0.15) is 57.8 Å². The van der Waals surface area contributed by atoms with Crippen molar-refractivity contribution in [3.05, 3.63) is 0 Å². The highest BCUT2D eigenvalue weighted by molar-refractivity contribution is 5.02. The Morgan fingerprint density at radius 3 is 2.44 bits per heavy atom. The van der Waals surface area contributed by atoms with E-state index in [1.807, 2.05) is 0 Å². The summed E-state index contributed by atoms with van der Waals surface area (Å²) in [6, 6.07) is 0.670. The van der Waals surface area contributed by atoms with Crippen molar-refractivity contribution in [2.24, 2.45) is 5.92 Å². The van der Waals surface area contributed by atoms with Crippen molar-refractivity contribution < 1.29 is 4.74 Å². The van der Waals surface area contributed by atoms with E-state index in [-0.39, 0.29) is 5.60 Å². The fourth-order valence-corrected chi connectivity index (χ4v) is 4.24. The fraction of sp³-hybridized carbons (Fsp3) is 1.00. The lowest BCUT2D eigenvalue weighted by Crippen LogP contribution is -2.60. The predicted octanol–water partition coefficient (Wildman–Crippen LogP) is 2.87. The Balaban J connectivity index is 1.74. The van der Waals surface area contributed by atoms with E-state index < -0.39 is 0 Å². The van der Waals surface area contributed by atoms with Crippen molar-refractivity contribution in [1.82, 2.24) is 5.32 Å². The van der Waals surface area contributed by atoms with E-state index in [1.165, 1.54) is 57.8 Å². The maximum atomic E-state index is 6.23. The highest BCUT2D eigenvalue weighted by Gasteiger charge is 2.47. The van der Waals surface area contributed by atoms with Crippen molar-refractivity contribution in [3.8, 4) is 0 Å². The third-order valence-corrected chi connectivity index (χ3v) is 4.99. The quantitative estimate of drug-likeness (QED) is 0.738. The molecule has 0 radical (unpaired) electrons. The maximum Gasteiger partial charge on any atom is 0.0838 e. The highest BCUT2D eigenvalue weighted by Crippen LogP contribution is 2.43. The molecule has 2 heteroatoms. The molecule has 16 heavy (non-hydrogen) atoms. The standard InChI is InChI=1S/C14H25NO/c1-2-6-12(7-3-1)13-14(8-4-5-9-14)16-11-10-15-13/h12-13,15H,1-11H2. The Morgan fingerprint density at radius 1 is 0.938 bits per heavy atom. The van der Waals surface area contributed by atoms with Gasteiger partial charge in [-0.05, 0) is 31.6 Å². The van der Waals surface area contributed by atoms with Crippen LogP contribution in [0, 0.1) is 5.92 Å². The van der Waals surface area contributed by atoms with E-state index in [2.05, 4.69) is 5.32 Å². The molecule has 3 fully saturated rings. The Kier molecular flexibility index (Phi) is 3.21. The maximum absolute atomic E-state index is 6.23. The molecule has 1 saturated heterocycles. The highest BCUT2D eigenvalue weighted by atomic mass is 16.5. The van der Waals surface area contributed by atoms with E-state index in [0.29, 0.717) is 6.04 Å². The van der Waals surface area contributed by atoms with Crippen molar-refractivity contribution in [3.63, 3.8) is 0 Å². The van der Waals surface area contributed by atoms with Gasteiger partial charge >= 0.3 is 0 Å². The Labute approximate surface area is 99.1 Å². The van der Waals surface area contributed by atoms with Gasteiger partial charge < -0.3 is 10.1 Å². The molecule has 0 aromatic rings. The average molecular weight is 223 g/mol. The monoisotopic (exact) mass is 223 g/mol. The van der Waals surface area contributed by atoms with Crippen LogP contribution in [0.2, 0.25) is 0 Å². The fourth-order valence-electron chi connectivity index (χ4n) is 4.24. The van der Waals surface area contributed by atoms with E-state index in [0.717, 1.165) is 19.1 Å². The van der Waals surface area contributed by atoms with Crippen LogP contribution in [0.15, 0.2) is 0 Å². The number of rotatable bonds is 1. The van der Waals surface area contributed by atoms with Gasteiger partial charge in [0.25, 0.3) is 0 Å². The molecular formula is C14H25NO. The summed E-state index contributed by atoms with van der Waals surface area (Å²) in [5, 5.41) is 3.80. The minimum absolute atomic E-state index is 0.236. The van der Waals surface area contributed by atoms with Crippen molar-refractivity contribution in [1.29, 1.82) is 0 Å². The van der Waals surface area contributed by atoms with Gasteiger partial charge in [0.05, 0.1) is 12.2 Å². The first-order valence-electron chi connectivity index (χ1n) is 7.28. The Morgan fingerprint density at radius 2 is 1.69 bits per heavy atom. The summed E-state index contributed by atoms with van der Waals surface area (Å²) in [5.41, 5.74) is 0.236. The van der Waals surface area contributed by atoms with Crippen LogP contribution in [0.5, 0.6) is 0 Å². The summed E-state index contributed by atoms with van der Waals surface area (Å²) in [6.45, 7) is 2.01. The van der Waals surface area contributed by atoms with Crippen LogP contribution in [-0.4, -0.2) is 24.8 Å². The minimum atomic E-state index is 0.236. The van der Waals surface area contributed by atoms with Gasteiger partial charge in [-0.15, -0.1) is 0 Å². The van der Waals surface area contributed by atoms with Gasteiger partial charge in [0, 0.05) is 12.6 Å². The van der Waals surface area contributed by atoms with Gasteiger partial charge in [-0.3, -0.25) is 0 Å². The summed E-state index contributed by atoms with van der Waals surface area (Å²) < 4.78 is 6.23. The molecule has 0 aromatic heterocycles. The van der Waals surface area contributed by atoms with Crippen LogP contribution in [0.4, 0.5) is 0 Å². The first-order valence-corrected chi connectivity index (χ1v) is 7.28. The molecule has 1 heterocycles. The molecular weight excluding hydrogens is 198 g/mol. The molecule has 2 saturated carbocycles. The van der Waals surface area contributed by atoms with Gasteiger partial charge in [0.2, 0.25) is 0 Å². The molecule has 1 atom stereocenters. The zero-order chi connectivity index (χ0) is 10.8. The lowest BCUT2D eigenvalue weighted by molar-refractivity contribution is -0.109. The second-order valence-electron chi connectivity index (χ2n) is 5.95. The van der Waals surface area contributed by atoms with Gasteiger partial charge in [0.1, 0.15) is 0 Å². The molecule has 1 aliphatic heterocycles. The van der Waals surface area contributed by atoms with Gasteiger partial charge in [0.15, 0.2) is 0 Å². The molecule has 2 aliphatic carbocycles. The molecule has 0 bridgehead atoms. The predicted molar refractivity (Wildman–Crippen MR) is 65.5 cm³/mol. The van der Waals surface area contributed by atoms with Crippen molar-refractivity contribution >= 4 is 0 Å². The van der Waals surface area contributed by atoms with E-state index in [9.17, 15) is 0 Å². The average Bonchev–Trinajstić information content (AvgIpc) is 2.80. The SMILES string of the molecule is C1CCC(C2NCCOC23CCCC3)CC1. The van der Waals surface area contributed by atoms with Gasteiger partial charge in [-0.2, -0.15) is 0 Å². The van der Waals surface area contributed by atoms with E-state index in [4.69, 9.17) is 4.74 Å². The number of morpholine rings is 1. The van der Waals surface area contributed by atoms with Crippen molar-refractivity contribution in [2.45, 2.75) is 69.4 Å². The molecule has 2 nitrogen and oxygen atoms in total. The second-order valence-corrected chi connectivity index (χ2v) is 5.95. The molecule has 1 spiro atoms.